The number of pyridine rings is 1. The van der Waals surface area contributed by atoms with Crippen molar-refractivity contribution in [2.75, 3.05) is 11.1 Å². The number of hydrogen-bond acceptors (Lipinski definition) is 4. The standard InChI is InChI=1S/C18H16F3N3OS/c1-10-11(2)13(8-22)17(23-12(10)3)26-9-16(25)24-15-7-5-4-6-14(15)18(19,20)21/h4-7H,9H2,1-3H3,(H,24,25). The van der Waals surface area contributed by atoms with Gasteiger partial charge in [0.2, 0.25) is 5.91 Å². The van der Waals surface area contributed by atoms with Crippen LogP contribution in [0.5, 0.6) is 0 Å². The molecule has 26 heavy (non-hydrogen) atoms. The fraction of sp³-hybridized carbons (Fsp3) is 0.278. The highest BCUT2D eigenvalue weighted by atomic mass is 32.2. The summed E-state index contributed by atoms with van der Waals surface area (Å²) in [4.78, 5) is 16.4. The van der Waals surface area contributed by atoms with Crippen LogP contribution >= 0.6 is 11.8 Å². The quantitative estimate of drug-likeness (QED) is 0.787. The lowest BCUT2D eigenvalue weighted by Crippen LogP contribution is -2.18. The number of nitriles is 1. The number of nitrogens with zero attached hydrogens (tertiary/aromatic N) is 2. The normalized spacial score (nSPS) is 11.1. The van der Waals surface area contributed by atoms with Gasteiger partial charge < -0.3 is 5.32 Å². The number of para-hydroxylation sites is 1. The van der Waals surface area contributed by atoms with Crippen molar-refractivity contribution >= 4 is 23.4 Å². The number of aromatic nitrogens is 1. The number of hydrogen-bond donors (Lipinski definition) is 1. The van der Waals surface area contributed by atoms with E-state index in [0.29, 0.717) is 10.6 Å². The third kappa shape index (κ3) is 4.35. The number of alkyl halides is 3. The fourth-order valence-corrected chi connectivity index (χ4v) is 3.19. The van der Waals surface area contributed by atoms with Gasteiger partial charge in [-0.15, -0.1) is 0 Å². The molecule has 1 N–H and O–H groups in total. The van der Waals surface area contributed by atoms with Crippen LogP contribution in [0.4, 0.5) is 18.9 Å². The van der Waals surface area contributed by atoms with E-state index in [1.165, 1.54) is 18.2 Å². The van der Waals surface area contributed by atoms with E-state index in [1.54, 1.807) is 13.8 Å². The predicted octanol–water partition coefficient (Wildman–Crippen LogP) is 4.63. The summed E-state index contributed by atoms with van der Waals surface area (Å²) in [5.41, 5.74) is 1.60. The number of nitrogens with one attached hydrogen (secondary N) is 1. The smallest absolute Gasteiger partial charge is 0.325 e. The van der Waals surface area contributed by atoms with Gasteiger partial charge in [0, 0.05) is 5.69 Å². The Morgan fingerprint density at radius 2 is 1.88 bits per heavy atom. The van der Waals surface area contributed by atoms with E-state index in [4.69, 9.17) is 0 Å². The maximum Gasteiger partial charge on any atom is 0.418 e. The molecule has 0 aliphatic heterocycles. The van der Waals surface area contributed by atoms with Crippen LogP contribution in [0.15, 0.2) is 29.3 Å². The van der Waals surface area contributed by atoms with E-state index in [-0.39, 0.29) is 11.4 Å². The summed E-state index contributed by atoms with van der Waals surface area (Å²) in [6.45, 7) is 5.45. The van der Waals surface area contributed by atoms with Crippen molar-refractivity contribution in [1.82, 2.24) is 4.98 Å². The number of rotatable bonds is 4. The first-order valence-electron chi connectivity index (χ1n) is 7.62. The Morgan fingerprint density at radius 1 is 1.23 bits per heavy atom. The summed E-state index contributed by atoms with van der Waals surface area (Å²) in [6, 6.07) is 6.85. The molecule has 0 unspecified atom stereocenters. The molecular formula is C18H16F3N3OS. The van der Waals surface area contributed by atoms with E-state index >= 15 is 0 Å². The predicted molar refractivity (Wildman–Crippen MR) is 94.0 cm³/mol. The Morgan fingerprint density at radius 3 is 2.50 bits per heavy atom. The first kappa shape index (κ1) is 19.8. The molecule has 1 heterocycles. The second kappa shape index (κ2) is 7.79. The van der Waals surface area contributed by atoms with Crippen LogP contribution in [0.25, 0.3) is 0 Å². The third-order valence-electron chi connectivity index (χ3n) is 3.92. The zero-order chi connectivity index (χ0) is 19.5. The molecule has 2 aromatic rings. The van der Waals surface area contributed by atoms with Crippen molar-refractivity contribution in [3.8, 4) is 6.07 Å². The highest BCUT2D eigenvalue weighted by Crippen LogP contribution is 2.34. The molecule has 0 aliphatic carbocycles. The van der Waals surface area contributed by atoms with Gasteiger partial charge in [0.1, 0.15) is 11.1 Å². The molecule has 1 aromatic carbocycles. The lowest BCUT2D eigenvalue weighted by molar-refractivity contribution is -0.137. The topological polar surface area (TPSA) is 65.8 Å². The van der Waals surface area contributed by atoms with Gasteiger partial charge in [-0.3, -0.25) is 4.79 Å². The maximum atomic E-state index is 13.0. The molecule has 1 amide bonds. The molecule has 0 bridgehead atoms. The number of carbonyl (C=O) groups is 1. The van der Waals surface area contributed by atoms with Crippen LogP contribution < -0.4 is 5.32 Å². The van der Waals surface area contributed by atoms with E-state index in [9.17, 15) is 23.2 Å². The summed E-state index contributed by atoms with van der Waals surface area (Å²) in [7, 11) is 0. The lowest BCUT2D eigenvalue weighted by Gasteiger charge is -2.14. The van der Waals surface area contributed by atoms with Crippen LogP contribution in [0.3, 0.4) is 0 Å². The van der Waals surface area contributed by atoms with Crippen molar-refractivity contribution in [3.63, 3.8) is 0 Å². The maximum absolute atomic E-state index is 13.0. The largest absolute Gasteiger partial charge is 0.418 e. The van der Waals surface area contributed by atoms with Crippen LogP contribution in [0.2, 0.25) is 0 Å². The second-order valence-electron chi connectivity index (χ2n) is 5.62. The molecule has 0 saturated carbocycles. The highest BCUT2D eigenvalue weighted by Gasteiger charge is 2.33. The minimum absolute atomic E-state index is 0.157. The Bertz CT molecular complexity index is 888. The molecule has 136 valence electrons. The molecule has 0 atom stereocenters. The molecule has 0 saturated heterocycles. The summed E-state index contributed by atoms with van der Waals surface area (Å²) >= 11 is 1.02. The zero-order valence-corrected chi connectivity index (χ0v) is 15.2. The van der Waals surface area contributed by atoms with Crippen molar-refractivity contribution in [2.45, 2.75) is 32.0 Å². The van der Waals surface area contributed by atoms with Gasteiger partial charge in [-0.2, -0.15) is 18.4 Å². The Hall–Kier alpha value is -2.53. The first-order valence-corrected chi connectivity index (χ1v) is 8.60. The van der Waals surface area contributed by atoms with Crippen molar-refractivity contribution < 1.29 is 18.0 Å². The number of amides is 1. The average Bonchev–Trinajstić information content (AvgIpc) is 2.57. The highest BCUT2D eigenvalue weighted by molar-refractivity contribution is 8.00. The van der Waals surface area contributed by atoms with Crippen molar-refractivity contribution in [1.29, 1.82) is 5.26 Å². The van der Waals surface area contributed by atoms with E-state index in [1.807, 2.05) is 6.92 Å². The van der Waals surface area contributed by atoms with Crippen molar-refractivity contribution in [2.24, 2.45) is 0 Å². The molecule has 0 spiro atoms. The minimum Gasteiger partial charge on any atom is -0.325 e. The number of benzene rings is 1. The van der Waals surface area contributed by atoms with Gasteiger partial charge in [0.15, 0.2) is 0 Å². The van der Waals surface area contributed by atoms with Gasteiger partial charge in [0.25, 0.3) is 0 Å². The minimum atomic E-state index is -4.56. The van der Waals surface area contributed by atoms with Gasteiger partial charge in [-0.05, 0) is 44.0 Å². The second-order valence-corrected chi connectivity index (χ2v) is 6.58. The molecular weight excluding hydrogens is 363 g/mol. The van der Waals surface area contributed by atoms with Crippen LogP contribution in [-0.2, 0) is 11.0 Å². The van der Waals surface area contributed by atoms with Crippen LogP contribution in [-0.4, -0.2) is 16.6 Å². The zero-order valence-electron chi connectivity index (χ0n) is 14.4. The Balaban J connectivity index is 2.16. The summed E-state index contributed by atoms with van der Waals surface area (Å²) in [5.74, 6) is -0.760. The number of carbonyl (C=O) groups excluding carboxylic acids is 1. The number of thioether (sulfide) groups is 1. The Labute approximate surface area is 153 Å². The molecule has 2 rings (SSSR count). The number of aryl methyl sites for hydroxylation is 1. The third-order valence-corrected chi connectivity index (χ3v) is 4.90. The van der Waals surface area contributed by atoms with Gasteiger partial charge in [-0.1, -0.05) is 23.9 Å². The summed E-state index contributed by atoms with van der Waals surface area (Å²) in [5, 5.41) is 12.0. The molecule has 8 heteroatoms. The van der Waals surface area contributed by atoms with Crippen molar-refractivity contribution in [3.05, 3.63) is 52.2 Å². The number of halogens is 3. The summed E-state index contributed by atoms with van der Waals surface area (Å²) in [6.07, 6.45) is -4.56. The number of anilines is 1. The molecule has 0 aliphatic rings. The van der Waals surface area contributed by atoms with Gasteiger partial charge in [0.05, 0.1) is 22.6 Å². The van der Waals surface area contributed by atoms with E-state index in [0.717, 1.165) is 34.6 Å². The monoisotopic (exact) mass is 379 g/mol. The molecule has 0 radical (unpaired) electrons. The van der Waals surface area contributed by atoms with E-state index < -0.39 is 17.6 Å². The van der Waals surface area contributed by atoms with Crippen LogP contribution in [0.1, 0.15) is 27.9 Å². The van der Waals surface area contributed by atoms with Gasteiger partial charge in [-0.25, -0.2) is 4.98 Å². The Kier molecular flexibility index (Phi) is 5.93. The molecule has 4 nitrogen and oxygen atoms in total. The SMILES string of the molecule is Cc1nc(SCC(=O)Nc2ccccc2C(F)(F)F)c(C#N)c(C)c1C. The molecule has 0 fully saturated rings. The molecule has 1 aromatic heterocycles. The van der Waals surface area contributed by atoms with Gasteiger partial charge >= 0.3 is 6.18 Å². The first-order chi connectivity index (χ1) is 12.1. The fourth-order valence-electron chi connectivity index (χ4n) is 2.31. The average molecular weight is 379 g/mol. The lowest BCUT2D eigenvalue weighted by atomic mass is 10.1. The summed E-state index contributed by atoms with van der Waals surface area (Å²) < 4.78 is 38.9. The van der Waals surface area contributed by atoms with Crippen LogP contribution in [0, 0.1) is 32.1 Å². The van der Waals surface area contributed by atoms with E-state index in [2.05, 4.69) is 16.4 Å².